The Morgan fingerprint density at radius 3 is 1.13 bits per heavy atom. The summed E-state index contributed by atoms with van der Waals surface area (Å²) in [6, 6.07) is 0. The van der Waals surface area contributed by atoms with Crippen LogP contribution in [0.3, 0.4) is 0 Å². The Balaban J connectivity index is 6.55. The minimum absolute atomic E-state index is 0.370. The van der Waals surface area contributed by atoms with Crippen LogP contribution in [0.5, 0.6) is 0 Å². The van der Waals surface area contributed by atoms with E-state index in [0.717, 1.165) is 0 Å². The molecule has 0 aliphatic rings. The standard InChI is InChI=1S/C13H8F17N/c1-2-5(31)3-4-6(14,15)7(16,17)8(18,19)9(20,21)10(22,23)11(24,25)12(26,27)13(28,29)30/h2,31H,1,3-4H2. The number of hydrogen-bond acceptors (Lipinski definition) is 1. The lowest BCUT2D eigenvalue weighted by Gasteiger charge is -2.42. The Kier molecular flexibility index (Phi) is 7.23. The molecule has 0 saturated carbocycles. The third-order valence-corrected chi connectivity index (χ3v) is 3.74. The lowest BCUT2D eigenvalue weighted by molar-refractivity contribution is -0.461. The molecule has 0 heterocycles. The molecular formula is C13H8F17N. The highest BCUT2D eigenvalue weighted by Gasteiger charge is 2.95. The van der Waals surface area contributed by atoms with E-state index in [4.69, 9.17) is 5.41 Å². The van der Waals surface area contributed by atoms with E-state index in [0.29, 0.717) is 6.08 Å². The maximum Gasteiger partial charge on any atom is 0.460 e. The molecule has 0 saturated heterocycles. The Hall–Kier alpha value is -1.78. The van der Waals surface area contributed by atoms with Crippen molar-refractivity contribution in [2.75, 3.05) is 0 Å². The lowest BCUT2D eigenvalue weighted by Crippen LogP contribution is -2.74. The number of hydrogen-bond donors (Lipinski definition) is 1. The number of alkyl halides is 17. The van der Waals surface area contributed by atoms with Crippen molar-refractivity contribution in [2.45, 2.75) is 60.5 Å². The molecule has 0 atom stereocenters. The molecule has 1 nitrogen and oxygen atoms in total. The van der Waals surface area contributed by atoms with E-state index in [2.05, 4.69) is 6.58 Å². The van der Waals surface area contributed by atoms with Crippen molar-refractivity contribution in [3.05, 3.63) is 12.7 Å². The Labute approximate surface area is 160 Å². The summed E-state index contributed by atoms with van der Waals surface area (Å²) in [5, 5.41) is 6.77. The molecule has 184 valence electrons. The highest BCUT2D eigenvalue weighted by Crippen LogP contribution is 2.64. The molecule has 0 fully saturated rings. The number of halogens is 17. The number of nitrogens with one attached hydrogen (secondary N) is 1. The average molecular weight is 501 g/mol. The van der Waals surface area contributed by atoms with Gasteiger partial charge in [-0.2, -0.15) is 74.6 Å². The molecule has 0 aromatic rings. The monoisotopic (exact) mass is 501 g/mol. The van der Waals surface area contributed by atoms with Gasteiger partial charge >= 0.3 is 47.6 Å². The molecule has 0 radical (unpaired) electrons. The topological polar surface area (TPSA) is 23.9 Å². The second-order valence-electron chi connectivity index (χ2n) is 5.88. The minimum Gasteiger partial charge on any atom is -0.305 e. The summed E-state index contributed by atoms with van der Waals surface area (Å²) in [6.07, 6.45) is -11.7. The molecule has 0 aromatic heterocycles. The van der Waals surface area contributed by atoms with Gasteiger partial charge in [-0.3, -0.25) is 0 Å². The van der Waals surface area contributed by atoms with E-state index in [9.17, 15) is 74.6 Å². The van der Waals surface area contributed by atoms with Gasteiger partial charge in [0.05, 0.1) is 0 Å². The van der Waals surface area contributed by atoms with Gasteiger partial charge in [-0.1, -0.05) is 6.58 Å². The second-order valence-corrected chi connectivity index (χ2v) is 5.88. The van der Waals surface area contributed by atoms with Crippen LogP contribution < -0.4 is 0 Å². The first-order valence-electron chi connectivity index (χ1n) is 7.12. The maximum absolute atomic E-state index is 13.4. The SMILES string of the molecule is C=CC(=N)CCC(F)(F)C(F)(F)C(F)(F)C(F)(F)C(F)(F)C(F)(F)C(F)(F)C(F)(F)F. The summed E-state index contributed by atoms with van der Waals surface area (Å²) >= 11 is 0. The predicted molar refractivity (Wildman–Crippen MR) is 67.8 cm³/mol. The van der Waals surface area contributed by atoms with E-state index in [1.165, 1.54) is 0 Å². The maximum atomic E-state index is 13.4. The van der Waals surface area contributed by atoms with Crippen molar-refractivity contribution in [2.24, 2.45) is 0 Å². The highest BCUT2D eigenvalue weighted by atomic mass is 19.4. The summed E-state index contributed by atoms with van der Waals surface area (Å²) in [4.78, 5) is 0. The van der Waals surface area contributed by atoms with Gasteiger partial charge in [-0.25, -0.2) is 0 Å². The van der Waals surface area contributed by atoms with Crippen LogP contribution in [0.4, 0.5) is 74.6 Å². The first kappa shape index (κ1) is 29.2. The lowest BCUT2D eigenvalue weighted by atomic mass is 9.88. The molecule has 0 bridgehead atoms. The molecule has 0 amide bonds. The van der Waals surface area contributed by atoms with E-state index < -0.39 is 66.2 Å². The molecule has 31 heavy (non-hydrogen) atoms. The Morgan fingerprint density at radius 2 is 0.839 bits per heavy atom. The summed E-state index contributed by atoms with van der Waals surface area (Å²) in [5.74, 6) is -56.3. The van der Waals surface area contributed by atoms with Gasteiger partial charge in [0.15, 0.2) is 0 Å². The third-order valence-electron chi connectivity index (χ3n) is 3.74. The van der Waals surface area contributed by atoms with Crippen LogP contribution in [-0.2, 0) is 0 Å². The smallest absolute Gasteiger partial charge is 0.305 e. The second kappa shape index (κ2) is 7.67. The molecular weight excluding hydrogens is 493 g/mol. The quantitative estimate of drug-likeness (QED) is 0.247. The molecule has 0 aliphatic carbocycles. The van der Waals surface area contributed by atoms with Crippen molar-refractivity contribution in [3.63, 3.8) is 0 Å². The fourth-order valence-corrected chi connectivity index (χ4v) is 1.75. The Morgan fingerprint density at radius 1 is 0.548 bits per heavy atom. The molecule has 0 rings (SSSR count). The summed E-state index contributed by atoms with van der Waals surface area (Å²) in [7, 11) is 0. The normalized spacial score (nSPS) is 15.8. The molecule has 18 heteroatoms. The predicted octanol–water partition coefficient (Wildman–Crippen LogP) is 6.98. The van der Waals surface area contributed by atoms with Crippen LogP contribution in [0.25, 0.3) is 0 Å². The molecule has 0 aromatic carbocycles. The zero-order valence-electron chi connectivity index (χ0n) is 14.1. The Bertz CT molecular complexity index is 687. The van der Waals surface area contributed by atoms with Crippen molar-refractivity contribution in [1.82, 2.24) is 0 Å². The largest absolute Gasteiger partial charge is 0.460 e. The molecule has 1 N–H and O–H groups in total. The van der Waals surface area contributed by atoms with E-state index in [1.54, 1.807) is 0 Å². The molecule has 0 spiro atoms. The fourth-order valence-electron chi connectivity index (χ4n) is 1.75. The first-order chi connectivity index (χ1) is 13.2. The van der Waals surface area contributed by atoms with Gasteiger partial charge in [-0.05, 0) is 12.5 Å². The number of allylic oxidation sites excluding steroid dienone is 1. The van der Waals surface area contributed by atoms with Gasteiger partial charge in [-0.15, -0.1) is 0 Å². The van der Waals surface area contributed by atoms with E-state index >= 15 is 0 Å². The van der Waals surface area contributed by atoms with Gasteiger partial charge < -0.3 is 5.41 Å². The van der Waals surface area contributed by atoms with Gasteiger partial charge in [0.25, 0.3) is 0 Å². The molecule has 0 unspecified atom stereocenters. The van der Waals surface area contributed by atoms with Gasteiger partial charge in [0.1, 0.15) is 0 Å². The zero-order chi connectivity index (χ0) is 25.7. The van der Waals surface area contributed by atoms with Crippen LogP contribution in [0.1, 0.15) is 12.8 Å². The van der Waals surface area contributed by atoms with Gasteiger partial charge in [0, 0.05) is 12.1 Å². The highest BCUT2D eigenvalue weighted by molar-refractivity contribution is 5.91. The van der Waals surface area contributed by atoms with Gasteiger partial charge in [0.2, 0.25) is 0 Å². The average Bonchev–Trinajstić information content (AvgIpc) is 2.57. The van der Waals surface area contributed by atoms with E-state index in [-0.39, 0.29) is 0 Å². The summed E-state index contributed by atoms with van der Waals surface area (Å²) in [5.41, 5.74) is -1.09. The van der Waals surface area contributed by atoms with E-state index in [1.807, 2.05) is 0 Å². The van der Waals surface area contributed by atoms with Crippen LogP contribution in [0.2, 0.25) is 0 Å². The van der Waals surface area contributed by atoms with Crippen LogP contribution in [0, 0.1) is 5.41 Å². The molecule has 0 aliphatic heterocycles. The summed E-state index contributed by atoms with van der Waals surface area (Å²) < 4.78 is 220. The van der Waals surface area contributed by atoms with Crippen LogP contribution in [-0.4, -0.2) is 53.3 Å². The van der Waals surface area contributed by atoms with Crippen molar-refractivity contribution < 1.29 is 74.6 Å². The number of rotatable bonds is 10. The van der Waals surface area contributed by atoms with Crippen LogP contribution >= 0.6 is 0 Å². The minimum atomic E-state index is -8.63. The summed E-state index contributed by atoms with van der Waals surface area (Å²) in [6.45, 7) is 2.74. The third kappa shape index (κ3) is 4.05. The van der Waals surface area contributed by atoms with Crippen molar-refractivity contribution >= 4 is 5.71 Å². The first-order valence-corrected chi connectivity index (χ1v) is 7.12. The van der Waals surface area contributed by atoms with Crippen molar-refractivity contribution in [3.8, 4) is 0 Å². The fraction of sp³-hybridized carbons (Fsp3) is 0.769. The van der Waals surface area contributed by atoms with Crippen LogP contribution in [0.15, 0.2) is 12.7 Å². The van der Waals surface area contributed by atoms with Crippen molar-refractivity contribution in [1.29, 1.82) is 5.41 Å². The zero-order valence-corrected chi connectivity index (χ0v) is 14.1.